The normalized spacial score (nSPS) is 10.3. The minimum absolute atomic E-state index is 0.268. The number of benzene rings is 2. The third-order valence-corrected chi connectivity index (χ3v) is 4.18. The van der Waals surface area contributed by atoms with Crippen molar-refractivity contribution in [3.8, 4) is 0 Å². The lowest BCUT2D eigenvalue weighted by Crippen LogP contribution is -2.20. The smallest absolute Gasteiger partial charge is 0.274 e. The van der Waals surface area contributed by atoms with Crippen LogP contribution in [0.15, 0.2) is 71.5 Å². The molecule has 1 aromatic heterocycles. The number of hydrogen-bond acceptors (Lipinski definition) is 4. The SMILES string of the molecule is CCN(c1ccccc1)c1cc(C(=O)Nc2ccc(Br)cc2)ncn1. The molecule has 0 unspecified atom stereocenters. The second kappa shape index (κ2) is 7.90. The number of nitrogens with zero attached hydrogens (tertiary/aromatic N) is 3. The quantitative estimate of drug-likeness (QED) is 0.681. The van der Waals surface area contributed by atoms with Gasteiger partial charge in [0.05, 0.1) is 0 Å². The maximum absolute atomic E-state index is 12.5. The molecule has 0 aliphatic carbocycles. The standard InChI is InChI=1S/C19H17BrN4O/c1-2-24(16-6-4-3-5-7-16)18-12-17(21-13-22-18)19(25)23-15-10-8-14(20)9-11-15/h3-13H,2H2,1H3,(H,23,25). The third kappa shape index (κ3) is 4.22. The van der Waals surface area contributed by atoms with Crippen LogP contribution in [0.3, 0.4) is 0 Å². The van der Waals surface area contributed by atoms with Crippen molar-refractivity contribution in [3.05, 3.63) is 77.2 Å². The van der Waals surface area contributed by atoms with Crippen LogP contribution in [0.25, 0.3) is 0 Å². The maximum Gasteiger partial charge on any atom is 0.274 e. The molecule has 126 valence electrons. The molecule has 0 radical (unpaired) electrons. The fourth-order valence-corrected chi connectivity index (χ4v) is 2.70. The molecule has 1 amide bonds. The Hall–Kier alpha value is -2.73. The highest BCUT2D eigenvalue weighted by Crippen LogP contribution is 2.23. The number of anilines is 3. The minimum Gasteiger partial charge on any atom is -0.327 e. The zero-order valence-electron chi connectivity index (χ0n) is 13.7. The number of para-hydroxylation sites is 1. The summed E-state index contributed by atoms with van der Waals surface area (Å²) in [6.45, 7) is 2.77. The van der Waals surface area contributed by atoms with Crippen molar-refractivity contribution in [2.75, 3.05) is 16.8 Å². The zero-order chi connectivity index (χ0) is 17.6. The lowest BCUT2D eigenvalue weighted by atomic mass is 10.2. The Morgan fingerprint density at radius 2 is 1.80 bits per heavy atom. The van der Waals surface area contributed by atoms with Crippen molar-refractivity contribution in [3.63, 3.8) is 0 Å². The Balaban J connectivity index is 1.83. The first kappa shape index (κ1) is 17.1. The molecule has 0 fully saturated rings. The van der Waals surface area contributed by atoms with Gasteiger partial charge in [-0.05, 0) is 43.3 Å². The van der Waals surface area contributed by atoms with Crippen LogP contribution in [-0.4, -0.2) is 22.4 Å². The molecular formula is C19H17BrN4O. The largest absolute Gasteiger partial charge is 0.327 e. The molecule has 0 bridgehead atoms. The van der Waals surface area contributed by atoms with E-state index in [-0.39, 0.29) is 5.91 Å². The molecule has 5 nitrogen and oxygen atoms in total. The van der Waals surface area contributed by atoms with Crippen molar-refractivity contribution >= 4 is 39.0 Å². The van der Waals surface area contributed by atoms with Gasteiger partial charge in [0.2, 0.25) is 0 Å². The van der Waals surface area contributed by atoms with Gasteiger partial charge in [-0.25, -0.2) is 9.97 Å². The van der Waals surface area contributed by atoms with Crippen molar-refractivity contribution in [1.29, 1.82) is 0 Å². The van der Waals surface area contributed by atoms with Crippen LogP contribution in [-0.2, 0) is 0 Å². The van der Waals surface area contributed by atoms with Gasteiger partial charge in [0.25, 0.3) is 5.91 Å². The first-order valence-electron chi connectivity index (χ1n) is 7.89. The van der Waals surface area contributed by atoms with E-state index in [1.807, 2.05) is 66.4 Å². The van der Waals surface area contributed by atoms with Gasteiger partial charge in [0.1, 0.15) is 17.8 Å². The van der Waals surface area contributed by atoms with Gasteiger partial charge >= 0.3 is 0 Å². The molecule has 0 spiro atoms. The Labute approximate surface area is 154 Å². The number of amides is 1. The molecule has 25 heavy (non-hydrogen) atoms. The van der Waals surface area contributed by atoms with Crippen LogP contribution in [0.1, 0.15) is 17.4 Å². The van der Waals surface area contributed by atoms with Crippen LogP contribution < -0.4 is 10.2 Å². The second-order valence-electron chi connectivity index (χ2n) is 5.30. The van der Waals surface area contributed by atoms with Crippen LogP contribution >= 0.6 is 15.9 Å². The lowest BCUT2D eigenvalue weighted by Gasteiger charge is -2.22. The van der Waals surface area contributed by atoms with Gasteiger partial charge in [0, 0.05) is 28.5 Å². The average Bonchev–Trinajstić information content (AvgIpc) is 2.65. The highest BCUT2D eigenvalue weighted by Gasteiger charge is 2.13. The molecule has 6 heteroatoms. The van der Waals surface area contributed by atoms with E-state index in [4.69, 9.17) is 0 Å². The number of hydrogen-bond donors (Lipinski definition) is 1. The first-order valence-corrected chi connectivity index (χ1v) is 8.68. The maximum atomic E-state index is 12.5. The summed E-state index contributed by atoms with van der Waals surface area (Å²) in [6.07, 6.45) is 1.41. The fourth-order valence-electron chi connectivity index (χ4n) is 2.43. The Kier molecular flexibility index (Phi) is 5.40. The van der Waals surface area contributed by atoms with E-state index in [1.54, 1.807) is 6.07 Å². The monoisotopic (exact) mass is 396 g/mol. The number of nitrogens with one attached hydrogen (secondary N) is 1. The van der Waals surface area contributed by atoms with E-state index in [0.29, 0.717) is 17.2 Å². The van der Waals surface area contributed by atoms with E-state index >= 15 is 0 Å². The summed E-state index contributed by atoms with van der Waals surface area (Å²) >= 11 is 3.37. The fraction of sp³-hybridized carbons (Fsp3) is 0.105. The molecule has 0 saturated carbocycles. The molecule has 2 aromatic carbocycles. The van der Waals surface area contributed by atoms with Gasteiger partial charge in [-0.15, -0.1) is 0 Å². The predicted octanol–water partition coefficient (Wildman–Crippen LogP) is 4.65. The van der Waals surface area contributed by atoms with E-state index in [0.717, 1.165) is 16.7 Å². The van der Waals surface area contributed by atoms with Crippen molar-refractivity contribution < 1.29 is 4.79 Å². The number of halogens is 1. The number of aromatic nitrogens is 2. The van der Waals surface area contributed by atoms with Crippen LogP contribution in [0.5, 0.6) is 0 Å². The first-order chi connectivity index (χ1) is 12.2. The number of carbonyl (C=O) groups excluding carboxylic acids is 1. The molecular weight excluding hydrogens is 380 g/mol. The summed E-state index contributed by atoms with van der Waals surface area (Å²) in [5.74, 6) is 0.416. The van der Waals surface area contributed by atoms with Gasteiger partial charge < -0.3 is 10.2 Å². The Bertz CT molecular complexity index is 853. The molecule has 0 aliphatic rings. The number of carbonyl (C=O) groups is 1. The summed E-state index contributed by atoms with van der Waals surface area (Å²) in [5, 5.41) is 2.84. The van der Waals surface area contributed by atoms with Crippen molar-refractivity contribution in [2.45, 2.75) is 6.92 Å². The van der Waals surface area contributed by atoms with Crippen molar-refractivity contribution in [1.82, 2.24) is 9.97 Å². The number of rotatable bonds is 5. The summed E-state index contributed by atoms with van der Waals surface area (Å²) in [6, 6.07) is 19.0. The van der Waals surface area contributed by atoms with Gasteiger partial charge in [-0.2, -0.15) is 0 Å². The van der Waals surface area contributed by atoms with E-state index < -0.39 is 0 Å². The highest BCUT2D eigenvalue weighted by atomic mass is 79.9. The topological polar surface area (TPSA) is 58.1 Å². The zero-order valence-corrected chi connectivity index (χ0v) is 15.3. The van der Waals surface area contributed by atoms with Gasteiger partial charge in [-0.1, -0.05) is 34.1 Å². The molecule has 3 rings (SSSR count). The Morgan fingerprint density at radius 3 is 2.48 bits per heavy atom. The molecule has 0 aliphatic heterocycles. The van der Waals surface area contributed by atoms with Gasteiger partial charge in [0.15, 0.2) is 0 Å². The van der Waals surface area contributed by atoms with Crippen LogP contribution in [0.4, 0.5) is 17.2 Å². The summed E-state index contributed by atoms with van der Waals surface area (Å²) in [5.41, 5.74) is 2.05. The molecule has 1 N–H and O–H groups in total. The summed E-state index contributed by atoms with van der Waals surface area (Å²) in [4.78, 5) is 22.9. The van der Waals surface area contributed by atoms with Crippen LogP contribution in [0, 0.1) is 0 Å². The molecule has 3 aromatic rings. The molecule has 0 saturated heterocycles. The second-order valence-corrected chi connectivity index (χ2v) is 6.22. The van der Waals surface area contributed by atoms with E-state index in [2.05, 4.69) is 31.2 Å². The van der Waals surface area contributed by atoms with Gasteiger partial charge in [-0.3, -0.25) is 4.79 Å². The Morgan fingerprint density at radius 1 is 1.08 bits per heavy atom. The average molecular weight is 397 g/mol. The predicted molar refractivity (Wildman–Crippen MR) is 103 cm³/mol. The van der Waals surface area contributed by atoms with Crippen molar-refractivity contribution in [2.24, 2.45) is 0 Å². The summed E-state index contributed by atoms with van der Waals surface area (Å²) < 4.78 is 0.955. The molecule has 1 heterocycles. The minimum atomic E-state index is -0.268. The summed E-state index contributed by atoms with van der Waals surface area (Å²) in [7, 11) is 0. The van der Waals surface area contributed by atoms with Crippen LogP contribution in [0.2, 0.25) is 0 Å². The highest BCUT2D eigenvalue weighted by molar-refractivity contribution is 9.10. The van der Waals surface area contributed by atoms with E-state index in [1.165, 1.54) is 6.33 Å². The third-order valence-electron chi connectivity index (χ3n) is 3.65. The lowest BCUT2D eigenvalue weighted by molar-refractivity contribution is 0.102. The molecule has 0 atom stereocenters. The van der Waals surface area contributed by atoms with E-state index in [9.17, 15) is 4.79 Å².